The minimum absolute atomic E-state index is 0.452. The van der Waals surface area contributed by atoms with Gasteiger partial charge in [-0.25, -0.2) is 0 Å². The summed E-state index contributed by atoms with van der Waals surface area (Å²) in [6.07, 6.45) is 0. The zero-order valence-corrected chi connectivity index (χ0v) is 14.4. The molecule has 0 aliphatic rings. The number of methoxy groups -OCH3 is 3. The van der Waals surface area contributed by atoms with Gasteiger partial charge in [-0.05, 0) is 12.1 Å². The van der Waals surface area contributed by atoms with E-state index in [0.29, 0.717) is 0 Å². The summed E-state index contributed by atoms with van der Waals surface area (Å²) >= 11 is 5.59. The molecule has 0 heterocycles. The maximum atomic E-state index is 6.04. The molecule has 0 aliphatic carbocycles. The molecule has 0 radical (unpaired) electrons. The number of benzene rings is 2. The Hall–Kier alpha value is -1.14. The van der Waals surface area contributed by atoms with Crippen molar-refractivity contribution in [2.24, 2.45) is 0 Å². The highest BCUT2D eigenvalue weighted by Crippen LogP contribution is 2.27. The SMILES string of the molecule is COc1cc(OC)c([I+]c2cccc(Cl)c2)c(OC)c1. The van der Waals surface area contributed by atoms with Crippen LogP contribution in [0.3, 0.4) is 0 Å². The quantitative estimate of drug-likeness (QED) is 0.678. The zero-order valence-electron chi connectivity index (χ0n) is 11.4. The molecule has 2 rings (SSSR count). The molecule has 5 heteroatoms. The Kier molecular flexibility index (Phi) is 5.37. The number of hydrogen-bond donors (Lipinski definition) is 0. The summed E-state index contributed by atoms with van der Waals surface area (Å²) in [7, 11) is 4.93. The van der Waals surface area contributed by atoms with Gasteiger partial charge in [0, 0.05) is 23.2 Å². The van der Waals surface area contributed by atoms with Crippen molar-refractivity contribution in [3.05, 3.63) is 48.6 Å². The van der Waals surface area contributed by atoms with Crippen molar-refractivity contribution in [3.63, 3.8) is 0 Å². The average Bonchev–Trinajstić information content (AvgIpc) is 2.47. The van der Waals surface area contributed by atoms with Crippen LogP contribution in [0.4, 0.5) is 0 Å². The number of hydrogen-bond acceptors (Lipinski definition) is 3. The van der Waals surface area contributed by atoms with Crippen LogP contribution >= 0.6 is 11.6 Å². The van der Waals surface area contributed by atoms with Crippen molar-refractivity contribution in [3.8, 4) is 17.2 Å². The van der Waals surface area contributed by atoms with Gasteiger partial charge >= 0.3 is 21.2 Å². The third-order valence-electron chi connectivity index (χ3n) is 2.65. The van der Waals surface area contributed by atoms with Crippen LogP contribution in [0.15, 0.2) is 36.4 Å². The van der Waals surface area contributed by atoms with Crippen LogP contribution in [0, 0.1) is 7.14 Å². The molecular weight excluding hydrogens is 391 g/mol. The minimum Gasteiger partial charge on any atom is -0.496 e. The van der Waals surface area contributed by atoms with E-state index in [-0.39, 0.29) is 0 Å². The molecule has 0 saturated carbocycles. The van der Waals surface area contributed by atoms with Gasteiger partial charge in [0.1, 0.15) is 5.75 Å². The van der Waals surface area contributed by atoms with Crippen LogP contribution in [0.1, 0.15) is 0 Å². The van der Waals surface area contributed by atoms with Gasteiger partial charge < -0.3 is 14.2 Å². The number of halogens is 2. The van der Waals surface area contributed by atoms with Gasteiger partial charge in [-0.3, -0.25) is 0 Å². The zero-order chi connectivity index (χ0) is 14.5. The van der Waals surface area contributed by atoms with E-state index in [9.17, 15) is 0 Å². The van der Waals surface area contributed by atoms with Crippen LogP contribution in [-0.4, -0.2) is 21.3 Å². The van der Waals surface area contributed by atoms with Crippen molar-refractivity contribution in [1.82, 2.24) is 0 Å². The first kappa shape index (κ1) is 15.3. The fourth-order valence-corrected chi connectivity index (χ4v) is 4.84. The third kappa shape index (κ3) is 3.49. The molecule has 0 spiro atoms. The van der Waals surface area contributed by atoms with Gasteiger partial charge in [-0.1, -0.05) is 17.7 Å². The summed E-state index contributed by atoms with van der Waals surface area (Å²) in [5.41, 5.74) is 0. The van der Waals surface area contributed by atoms with E-state index in [0.717, 1.165) is 25.8 Å². The molecule has 0 atom stereocenters. The Balaban J connectivity index is 2.44. The van der Waals surface area contributed by atoms with Crippen molar-refractivity contribution >= 4 is 11.6 Å². The lowest BCUT2D eigenvalue weighted by Crippen LogP contribution is -3.61. The van der Waals surface area contributed by atoms with Crippen molar-refractivity contribution in [1.29, 1.82) is 0 Å². The molecule has 0 unspecified atom stereocenters. The third-order valence-corrected chi connectivity index (χ3v) is 5.78. The molecule has 2 aromatic rings. The Morgan fingerprint density at radius 1 is 0.900 bits per heavy atom. The van der Waals surface area contributed by atoms with E-state index in [4.69, 9.17) is 25.8 Å². The van der Waals surface area contributed by atoms with Gasteiger partial charge in [0.05, 0.1) is 21.3 Å². The summed E-state index contributed by atoms with van der Waals surface area (Å²) in [6, 6.07) is 11.6. The number of rotatable bonds is 5. The van der Waals surface area contributed by atoms with Gasteiger partial charge in [0.25, 0.3) is 3.57 Å². The van der Waals surface area contributed by atoms with Gasteiger partial charge in [-0.2, -0.15) is 0 Å². The fraction of sp³-hybridized carbons (Fsp3) is 0.200. The van der Waals surface area contributed by atoms with Crippen molar-refractivity contribution in [2.45, 2.75) is 0 Å². The predicted molar refractivity (Wildman–Crippen MR) is 74.9 cm³/mol. The largest absolute Gasteiger partial charge is 0.496 e. The van der Waals surface area contributed by atoms with Crippen LogP contribution in [-0.2, 0) is 0 Å². The number of ether oxygens (including phenoxy) is 3. The molecule has 0 amide bonds. The Labute approximate surface area is 134 Å². The van der Waals surface area contributed by atoms with Crippen molar-refractivity contribution in [2.75, 3.05) is 21.3 Å². The molecule has 20 heavy (non-hydrogen) atoms. The highest BCUT2D eigenvalue weighted by Gasteiger charge is 2.28. The molecule has 0 saturated heterocycles. The van der Waals surface area contributed by atoms with Crippen molar-refractivity contribution < 1.29 is 35.4 Å². The molecule has 106 valence electrons. The molecule has 0 N–H and O–H groups in total. The topological polar surface area (TPSA) is 27.7 Å². The Morgan fingerprint density at radius 2 is 1.55 bits per heavy atom. The second kappa shape index (κ2) is 7.04. The average molecular weight is 406 g/mol. The molecule has 0 aliphatic heterocycles. The predicted octanol–water partition coefficient (Wildman–Crippen LogP) is 0.494. The highest BCUT2D eigenvalue weighted by atomic mass is 127. The maximum Gasteiger partial charge on any atom is 0.366 e. The molecule has 0 bridgehead atoms. The first-order valence-corrected chi connectivity index (χ1v) is 8.42. The lowest BCUT2D eigenvalue weighted by atomic mass is 10.3. The lowest BCUT2D eigenvalue weighted by Gasteiger charge is -2.08. The van der Waals surface area contributed by atoms with Crippen LogP contribution in [0.5, 0.6) is 17.2 Å². The molecule has 2 aromatic carbocycles. The second-order valence-corrected chi connectivity index (χ2v) is 7.18. The summed E-state index contributed by atoms with van der Waals surface area (Å²) in [5.74, 6) is 2.29. The molecule has 0 aromatic heterocycles. The van der Waals surface area contributed by atoms with Crippen LogP contribution in [0.25, 0.3) is 0 Å². The Morgan fingerprint density at radius 3 is 2.05 bits per heavy atom. The summed E-state index contributed by atoms with van der Waals surface area (Å²) < 4.78 is 18.5. The van der Waals surface area contributed by atoms with E-state index in [1.807, 2.05) is 30.3 Å². The summed E-state index contributed by atoms with van der Waals surface area (Å²) in [6.45, 7) is 0. The smallest absolute Gasteiger partial charge is 0.366 e. The van der Waals surface area contributed by atoms with E-state index in [1.54, 1.807) is 21.3 Å². The summed E-state index contributed by atoms with van der Waals surface area (Å²) in [5, 5.41) is 0.744. The lowest BCUT2D eigenvalue weighted by molar-refractivity contribution is -0.598. The van der Waals surface area contributed by atoms with E-state index in [1.165, 1.54) is 3.57 Å². The summed E-state index contributed by atoms with van der Waals surface area (Å²) in [4.78, 5) is 0. The fourth-order valence-electron chi connectivity index (χ4n) is 1.68. The molecule has 0 fully saturated rings. The monoisotopic (exact) mass is 405 g/mol. The second-order valence-electron chi connectivity index (χ2n) is 3.88. The van der Waals surface area contributed by atoms with Gasteiger partial charge in [0.2, 0.25) is 0 Å². The first-order chi connectivity index (χ1) is 9.67. The normalized spacial score (nSPS) is 10.2. The van der Waals surface area contributed by atoms with E-state index < -0.39 is 21.2 Å². The minimum atomic E-state index is -0.452. The molecular formula is C15H15ClIO3+. The first-order valence-electron chi connectivity index (χ1n) is 5.88. The van der Waals surface area contributed by atoms with E-state index in [2.05, 4.69) is 6.07 Å². The van der Waals surface area contributed by atoms with Crippen LogP contribution in [0.2, 0.25) is 5.02 Å². The van der Waals surface area contributed by atoms with E-state index >= 15 is 0 Å². The standard InChI is InChI=1S/C15H15ClIO3/c1-18-12-8-13(19-2)15(14(9-12)20-3)17-11-6-4-5-10(16)7-11/h4-9H,1-3H3/q+1. The van der Waals surface area contributed by atoms with Gasteiger partial charge in [-0.15, -0.1) is 0 Å². The maximum absolute atomic E-state index is 6.04. The van der Waals surface area contributed by atoms with Gasteiger partial charge in [0.15, 0.2) is 15.1 Å². The van der Waals surface area contributed by atoms with Crippen LogP contribution < -0.4 is 35.4 Å². The Bertz CT molecular complexity index is 576. The molecule has 3 nitrogen and oxygen atoms in total. The highest BCUT2D eigenvalue weighted by molar-refractivity contribution is 6.30.